The Balaban J connectivity index is 1.96. The SMILES string of the molecule is NC[C@@H]1C[C@@]2(CCOC2)CO1. The Hall–Kier alpha value is -0.120. The van der Waals surface area contributed by atoms with Gasteiger partial charge in [0.15, 0.2) is 0 Å². The predicted octanol–water partition coefficient (Wildman–Crippen LogP) is 0.141. The third-order valence-electron chi connectivity index (χ3n) is 2.73. The van der Waals surface area contributed by atoms with Gasteiger partial charge in [0.25, 0.3) is 0 Å². The van der Waals surface area contributed by atoms with Gasteiger partial charge in [-0.25, -0.2) is 0 Å². The molecule has 0 unspecified atom stereocenters. The Morgan fingerprint density at radius 3 is 2.91 bits per heavy atom. The van der Waals surface area contributed by atoms with Crippen LogP contribution >= 0.6 is 0 Å². The van der Waals surface area contributed by atoms with Gasteiger partial charge in [0, 0.05) is 18.6 Å². The van der Waals surface area contributed by atoms with Crippen LogP contribution in [0, 0.1) is 5.41 Å². The molecule has 0 aliphatic carbocycles. The molecule has 2 aliphatic rings. The average Bonchev–Trinajstić information content (AvgIpc) is 2.62. The van der Waals surface area contributed by atoms with Gasteiger partial charge in [-0.05, 0) is 12.8 Å². The second kappa shape index (κ2) is 2.73. The van der Waals surface area contributed by atoms with Crippen LogP contribution in [0.1, 0.15) is 12.8 Å². The quantitative estimate of drug-likeness (QED) is 0.589. The number of hydrogen-bond acceptors (Lipinski definition) is 3. The smallest absolute Gasteiger partial charge is 0.0704 e. The molecule has 11 heavy (non-hydrogen) atoms. The van der Waals surface area contributed by atoms with E-state index in [-0.39, 0.29) is 6.10 Å². The van der Waals surface area contributed by atoms with Crippen molar-refractivity contribution in [3.63, 3.8) is 0 Å². The minimum absolute atomic E-state index is 0.289. The van der Waals surface area contributed by atoms with E-state index < -0.39 is 0 Å². The zero-order valence-electron chi connectivity index (χ0n) is 6.71. The van der Waals surface area contributed by atoms with Crippen LogP contribution in [0.25, 0.3) is 0 Å². The second-order valence-corrected chi connectivity index (χ2v) is 3.68. The highest BCUT2D eigenvalue weighted by molar-refractivity contribution is 4.90. The Kier molecular flexibility index (Phi) is 1.87. The summed E-state index contributed by atoms with van der Waals surface area (Å²) in [5.41, 5.74) is 5.86. The fraction of sp³-hybridized carbons (Fsp3) is 1.00. The van der Waals surface area contributed by atoms with Crippen LogP contribution in [0.5, 0.6) is 0 Å². The lowest BCUT2D eigenvalue weighted by Crippen LogP contribution is -2.23. The standard InChI is InChI=1S/C8H15NO2/c9-4-7-3-8(6-11-7)1-2-10-5-8/h7H,1-6,9H2/t7-,8+/m0/s1. The summed E-state index contributed by atoms with van der Waals surface area (Å²) in [7, 11) is 0. The van der Waals surface area contributed by atoms with Gasteiger partial charge in [0.2, 0.25) is 0 Å². The molecule has 0 amide bonds. The fourth-order valence-electron chi connectivity index (χ4n) is 1.97. The van der Waals surface area contributed by atoms with Crippen LogP contribution < -0.4 is 5.73 Å². The van der Waals surface area contributed by atoms with Gasteiger partial charge in [-0.15, -0.1) is 0 Å². The van der Waals surface area contributed by atoms with E-state index in [1.54, 1.807) is 0 Å². The molecule has 0 radical (unpaired) electrons. The second-order valence-electron chi connectivity index (χ2n) is 3.68. The molecule has 0 aromatic rings. The summed E-state index contributed by atoms with van der Waals surface area (Å²) in [6.07, 6.45) is 2.55. The van der Waals surface area contributed by atoms with Crippen molar-refractivity contribution in [2.75, 3.05) is 26.4 Å². The highest BCUT2D eigenvalue weighted by Gasteiger charge is 2.42. The van der Waals surface area contributed by atoms with Crippen molar-refractivity contribution in [3.05, 3.63) is 0 Å². The van der Waals surface area contributed by atoms with Gasteiger partial charge >= 0.3 is 0 Å². The van der Waals surface area contributed by atoms with E-state index in [1.165, 1.54) is 0 Å². The van der Waals surface area contributed by atoms with Gasteiger partial charge in [0.1, 0.15) is 0 Å². The summed E-state index contributed by atoms with van der Waals surface area (Å²) in [6.45, 7) is 3.29. The van der Waals surface area contributed by atoms with Gasteiger partial charge in [-0.2, -0.15) is 0 Å². The van der Waals surface area contributed by atoms with Crippen molar-refractivity contribution in [1.82, 2.24) is 0 Å². The molecule has 2 saturated heterocycles. The molecule has 0 aromatic carbocycles. The summed E-state index contributed by atoms with van der Waals surface area (Å²) in [5.74, 6) is 0. The number of ether oxygens (including phenoxy) is 2. The molecule has 0 bridgehead atoms. The van der Waals surface area contributed by atoms with E-state index in [9.17, 15) is 0 Å². The van der Waals surface area contributed by atoms with Crippen molar-refractivity contribution in [2.24, 2.45) is 11.1 Å². The number of hydrogen-bond donors (Lipinski definition) is 1. The molecule has 2 fully saturated rings. The van der Waals surface area contributed by atoms with Crippen LogP contribution in [-0.2, 0) is 9.47 Å². The largest absolute Gasteiger partial charge is 0.381 e. The zero-order chi connectivity index (χ0) is 7.73. The highest BCUT2D eigenvalue weighted by Crippen LogP contribution is 2.39. The van der Waals surface area contributed by atoms with E-state index in [0.29, 0.717) is 12.0 Å². The van der Waals surface area contributed by atoms with Crippen molar-refractivity contribution < 1.29 is 9.47 Å². The molecule has 3 nitrogen and oxygen atoms in total. The maximum atomic E-state index is 5.53. The van der Waals surface area contributed by atoms with Gasteiger partial charge in [-0.3, -0.25) is 0 Å². The van der Waals surface area contributed by atoms with E-state index in [2.05, 4.69) is 0 Å². The molecular formula is C8H15NO2. The molecule has 0 saturated carbocycles. The average molecular weight is 157 g/mol. The van der Waals surface area contributed by atoms with Crippen LogP contribution in [0.2, 0.25) is 0 Å². The van der Waals surface area contributed by atoms with Crippen molar-refractivity contribution in [3.8, 4) is 0 Å². The predicted molar refractivity (Wildman–Crippen MR) is 41.3 cm³/mol. The highest BCUT2D eigenvalue weighted by atomic mass is 16.5. The fourth-order valence-corrected chi connectivity index (χ4v) is 1.97. The first-order valence-electron chi connectivity index (χ1n) is 4.24. The lowest BCUT2D eigenvalue weighted by molar-refractivity contribution is 0.0920. The summed E-state index contributed by atoms with van der Waals surface area (Å²) in [5, 5.41) is 0. The first kappa shape index (κ1) is 7.53. The van der Waals surface area contributed by atoms with Crippen molar-refractivity contribution in [2.45, 2.75) is 18.9 Å². The monoisotopic (exact) mass is 157 g/mol. The van der Waals surface area contributed by atoms with Crippen LogP contribution in [0.4, 0.5) is 0 Å². The van der Waals surface area contributed by atoms with Gasteiger partial charge in [0.05, 0.1) is 19.3 Å². The summed E-state index contributed by atoms with van der Waals surface area (Å²) in [4.78, 5) is 0. The third-order valence-corrected chi connectivity index (χ3v) is 2.73. The molecule has 2 N–H and O–H groups in total. The third kappa shape index (κ3) is 1.28. The first-order valence-corrected chi connectivity index (χ1v) is 4.24. The van der Waals surface area contributed by atoms with E-state index in [4.69, 9.17) is 15.2 Å². The van der Waals surface area contributed by atoms with E-state index in [0.717, 1.165) is 32.7 Å². The van der Waals surface area contributed by atoms with Crippen LogP contribution in [0.15, 0.2) is 0 Å². The first-order chi connectivity index (χ1) is 5.35. The Bertz CT molecular complexity index is 143. The van der Waals surface area contributed by atoms with Gasteiger partial charge in [-0.1, -0.05) is 0 Å². The maximum absolute atomic E-state index is 5.53. The van der Waals surface area contributed by atoms with Crippen LogP contribution in [-0.4, -0.2) is 32.5 Å². The summed E-state index contributed by atoms with van der Waals surface area (Å²) >= 11 is 0. The molecule has 3 heteroatoms. The maximum Gasteiger partial charge on any atom is 0.0704 e. The zero-order valence-corrected chi connectivity index (χ0v) is 6.71. The lowest BCUT2D eigenvalue weighted by Gasteiger charge is -2.17. The normalized spacial score (nSPS) is 43.9. The summed E-state index contributed by atoms with van der Waals surface area (Å²) < 4.78 is 10.9. The van der Waals surface area contributed by atoms with Crippen molar-refractivity contribution >= 4 is 0 Å². The molecular weight excluding hydrogens is 142 g/mol. The topological polar surface area (TPSA) is 44.5 Å². The van der Waals surface area contributed by atoms with Crippen molar-refractivity contribution in [1.29, 1.82) is 0 Å². The Morgan fingerprint density at radius 1 is 1.45 bits per heavy atom. The lowest BCUT2D eigenvalue weighted by atomic mass is 9.85. The van der Waals surface area contributed by atoms with Gasteiger partial charge < -0.3 is 15.2 Å². The molecule has 2 atom stereocenters. The minimum atomic E-state index is 0.289. The molecule has 64 valence electrons. The minimum Gasteiger partial charge on any atom is -0.381 e. The number of rotatable bonds is 1. The van der Waals surface area contributed by atoms with Crippen LogP contribution in [0.3, 0.4) is 0 Å². The molecule has 2 aliphatic heterocycles. The number of nitrogens with two attached hydrogens (primary N) is 1. The molecule has 1 spiro atoms. The van der Waals surface area contributed by atoms with E-state index >= 15 is 0 Å². The Morgan fingerprint density at radius 2 is 2.36 bits per heavy atom. The summed E-state index contributed by atoms with van der Waals surface area (Å²) in [6, 6.07) is 0. The molecule has 2 heterocycles. The van der Waals surface area contributed by atoms with E-state index in [1.807, 2.05) is 0 Å². The molecule has 0 aromatic heterocycles. The Labute approximate surface area is 66.8 Å². The molecule has 2 rings (SSSR count).